The number of imide groups is 1. The van der Waals surface area contributed by atoms with Gasteiger partial charge in [0.2, 0.25) is 11.8 Å². The molecule has 1 aromatic rings. The minimum atomic E-state index is -0.669. The van der Waals surface area contributed by atoms with E-state index in [2.05, 4.69) is 10.6 Å². The Kier molecular flexibility index (Phi) is 4.57. The number of hydrogen-bond acceptors (Lipinski definition) is 4. The molecule has 1 atom stereocenters. The van der Waals surface area contributed by atoms with E-state index in [1.54, 1.807) is 0 Å². The molecule has 1 aliphatic rings. The zero-order chi connectivity index (χ0) is 15.4. The van der Waals surface area contributed by atoms with Gasteiger partial charge < -0.3 is 10.1 Å². The number of ether oxygens (including phenoxy) is 1. The van der Waals surface area contributed by atoms with Crippen LogP contribution in [0.15, 0.2) is 18.2 Å². The predicted molar refractivity (Wildman–Crippen MR) is 75.7 cm³/mol. The second kappa shape index (κ2) is 6.39. The lowest BCUT2D eigenvalue weighted by atomic mass is 10.1. The van der Waals surface area contributed by atoms with Crippen LogP contribution < -0.4 is 15.4 Å². The van der Waals surface area contributed by atoms with E-state index in [0.717, 1.165) is 11.1 Å². The molecule has 6 heteroatoms. The summed E-state index contributed by atoms with van der Waals surface area (Å²) in [4.78, 5) is 34.3. The standard InChI is InChI=1S/C15H18N2O4/c1-9-3-5-12(10(2)7-9)21-8-14(19)16-11-4-6-13(18)17-15(11)20/h3,5,7,11H,4,6,8H2,1-2H3,(H,16,19)(H,17,18,20). The maximum Gasteiger partial charge on any atom is 0.258 e. The van der Waals surface area contributed by atoms with Crippen LogP contribution in [0.4, 0.5) is 0 Å². The van der Waals surface area contributed by atoms with Crippen molar-refractivity contribution in [1.82, 2.24) is 10.6 Å². The Labute approximate surface area is 122 Å². The van der Waals surface area contributed by atoms with Gasteiger partial charge in [0.15, 0.2) is 6.61 Å². The number of nitrogens with one attached hydrogen (secondary N) is 2. The second-order valence-corrected chi connectivity index (χ2v) is 5.13. The normalized spacial score (nSPS) is 18.1. The van der Waals surface area contributed by atoms with Gasteiger partial charge in [-0.25, -0.2) is 0 Å². The summed E-state index contributed by atoms with van der Waals surface area (Å²) in [7, 11) is 0. The monoisotopic (exact) mass is 290 g/mol. The zero-order valence-electron chi connectivity index (χ0n) is 12.1. The number of hydrogen-bond donors (Lipinski definition) is 2. The average Bonchev–Trinajstić information content (AvgIpc) is 2.41. The largest absolute Gasteiger partial charge is 0.484 e. The van der Waals surface area contributed by atoms with E-state index < -0.39 is 11.9 Å². The third kappa shape index (κ3) is 4.05. The van der Waals surface area contributed by atoms with E-state index >= 15 is 0 Å². The van der Waals surface area contributed by atoms with Crippen LogP contribution in [-0.2, 0) is 14.4 Å². The van der Waals surface area contributed by atoms with Crippen LogP contribution in [0.1, 0.15) is 24.0 Å². The highest BCUT2D eigenvalue weighted by atomic mass is 16.5. The number of piperidine rings is 1. The van der Waals surface area contributed by atoms with E-state index in [-0.39, 0.29) is 24.8 Å². The molecule has 2 N–H and O–H groups in total. The molecule has 0 aliphatic carbocycles. The molecule has 6 nitrogen and oxygen atoms in total. The van der Waals surface area contributed by atoms with Crippen LogP contribution in [0.25, 0.3) is 0 Å². The Balaban J connectivity index is 1.85. The molecule has 1 saturated heterocycles. The van der Waals surface area contributed by atoms with Crippen molar-refractivity contribution < 1.29 is 19.1 Å². The van der Waals surface area contributed by atoms with Crippen molar-refractivity contribution >= 4 is 17.7 Å². The third-order valence-corrected chi connectivity index (χ3v) is 3.26. The van der Waals surface area contributed by atoms with Gasteiger partial charge in [0.25, 0.3) is 5.91 Å². The number of rotatable bonds is 4. The number of amides is 3. The second-order valence-electron chi connectivity index (χ2n) is 5.13. The lowest BCUT2D eigenvalue weighted by Crippen LogP contribution is -2.53. The highest BCUT2D eigenvalue weighted by molar-refractivity contribution is 6.01. The molecule has 1 aromatic carbocycles. The van der Waals surface area contributed by atoms with Crippen molar-refractivity contribution in [2.45, 2.75) is 32.7 Å². The van der Waals surface area contributed by atoms with Crippen molar-refractivity contribution in [3.05, 3.63) is 29.3 Å². The van der Waals surface area contributed by atoms with Gasteiger partial charge in [0.1, 0.15) is 11.8 Å². The number of carbonyl (C=O) groups is 3. The summed E-state index contributed by atoms with van der Waals surface area (Å²) in [5.74, 6) is -0.522. The molecular formula is C15H18N2O4. The average molecular weight is 290 g/mol. The zero-order valence-corrected chi connectivity index (χ0v) is 12.1. The van der Waals surface area contributed by atoms with Crippen LogP contribution in [-0.4, -0.2) is 30.4 Å². The smallest absolute Gasteiger partial charge is 0.258 e. The van der Waals surface area contributed by atoms with Gasteiger partial charge in [0.05, 0.1) is 0 Å². The Hall–Kier alpha value is -2.37. The highest BCUT2D eigenvalue weighted by Crippen LogP contribution is 2.18. The Morgan fingerprint density at radius 3 is 2.81 bits per heavy atom. The van der Waals surface area contributed by atoms with E-state index in [1.165, 1.54) is 0 Å². The molecule has 1 aliphatic heterocycles. The van der Waals surface area contributed by atoms with E-state index in [1.807, 2.05) is 32.0 Å². The third-order valence-electron chi connectivity index (χ3n) is 3.26. The van der Waals surface area contributed by atoms with Gasteiger partial charge in [0, 0.05) is 6.42 Å². The fourth-order valence-electron chi connectivity index (χ4n) is 2.17. The molecule has 0 aromatic heterocycles. The Bertz CT molecular complexity index is 583. The molecule has 112 valence electrons. The van der Waals surface area contributed by atoms with E-state index in [9.17, 15) is 14.4 Å². The maximum absolute atomic E-state index is 11.8. The van der Waals surface area contributed by atoms with Gasteiger partial charge in [-0.3, -0.25) is 19.7 Å². The minimum Gasteiger partial charge on any atom is -0.484 e. The Morgan fingerprint density at radius 1 is 1.38 bits per heavy atom. The molecule has 1 fully saturated rings. The first kappa shape index (κ1) is 15.0. The van der Waals surface area contributed by atoms with Crippen molar-refractivity contribution in [3.63, 3.8) is 0 Å². The first-order valence-electron chi connectivity index (χ1n) is 6.79. The van der Waals surface area contributed by atoms with Gasteiger partial charge in [-0.15, -0.1) is 0 Å². The lowest BCUT2D eigenvalue weighted by Gasteiger charge is -2.21. The number of aryl methyl sites for hydroxylation is 2. The molecule has 0 saturated carbocycles. The molecule has 21 heavy (non-hydrogen) atoms. The first-order valence-corrected chi connectivity index (χ1v) is 6.79. The molecule has 0 bridgehead atoms. The summed E-state index contributed by atoms with van der Waals surface area (Å²) >= 11 is 0. The molecule has 1 unspecified atom stereocenters. The topological polar surface area (TPSA) is 84.5 Å². The van der Waals surface area contributed by atoms with Crippen LogP contribution in [0.5, 0.6) is 5.75 Å². The van der Waals surface area contributed by atoms with Crippen LogP contribution >= 0.6 is 0 Å². The SMILES string of the molecule is Cc1ccc(OCC(=O)NC2CCC(=O)NC2=O)c(C)c1. The summed E-state index contributed by atoms with van der Waals surface area (Å²) < 4.78 is 5.44. The predicted octanol–water partition coefficient (Wildman–Crippen LogP) is 0.604. The van der Waals surface area contributed by atoms with Crippen molar-refractivity contribution in [3.8, 4) is 5.75 Å². The fraction of sp³-hybridized carbons (Fsp3) is 0.400. The molecule has 2 rings (SSSR count). The summed E-state index contributed by atoms with van der Waals surface area (Å²) in [6, 6.07) is 5.01. The van der Waals surface area contributed by atoms with Crippen molar-refractivity contribution in [2.24, 2.45) is 0 Å². The fourth-order valence-corrected chi connectivity index (χ4v) is 2.17. The van der Waals surface area contributed by atoms with Gasteiger partial charge >= 0.3 is 0 Å². The summed E-state index contributed by atoms with van der Waals surface area (Å²) in [6.45, 7) is 3.72. The van der Waals surface area contributed by atoms with E-state index in [4.69, 9.17) is 4.74 Å². The summed E-state index contributed by atoms with van der Waals surface area (Å²) in [6.07, 6.45) is 0.550. The summed E-state index contributed by atoms with van der Waals surface area (Å²) in [5, 5.41) is 4.75. The van der Waals surface area contributed by atoms with Gasteiger partial charge in [-0.2, -0.15) is 0 Å². The van der Waals surface area contributed by atoms with Crippen LogP contribution in [0.2, 0.25) is 0 Å². The minimum absolute atomic E-state index is 0.165. The van der Waals surface area contributed by atoms with Crippen molar-refractivity contribution in [1.29, 1.82) is 0 Å². The van der Waals surface area contributed by atoms with Gasteiger partial charge in [-0.05, 0) is 31.9 Å². The highest BCUT2D eigenvalue weighted by Gasteiger charge is 2.27. The number of carbonyl (C=O) groups excluding carboxylic acids is 3. The van der Waals surface area contributed by atoms with Gasteiger partial charge in [-0.1, -0.05) is 17.7 Å². The molecule has 0 spiro atoms. The molecular weight excluding hydrogens is 272 g/mol. The summed E-state index contributed by atoms with van der Waals surface area (Å²) in [5.41, 5.74) is 2.07. The van der Waals surface area contributed by atoms with Crippen molar-refractivity contribution in [2.75, 3.05) is 6.61 Å². The molecule has 3 amide bonds. The first-order chi connectivity index (χ1) is 9.95. The molecule has 0 radical (unpaired) electrons. The quantitative estimate of drug-likeness (QED) is 0.795. The van der Waals surface area contributed by atoms with Crippen LogP contribution in [0, 0.1) is 13.8 Å². The lowest BCUT2D eigenvalue weighted by molar-refractivity contribution is -0.137. The maximum atomic E-state index is 11.8. The van der Waals surface area contributed by atoms with Crippen LogP contribution in [0.3, 0.4) is 0 Å². The molecule has 1 heterocycles. The number of benzene rings is 1. The van der Waals surface area contributed by atoms with E-state index in [0.29, 0.717) is 12.2 Å². The Morgan fingerprint density at radius 2 is 2.14 bits per heavy atom.